The fraction of sp³-hybridized carbons (Fsp3) is 0.556. The Balaban J connectivity index is 1.98. The van der Waals surface area contributed by atoms with Crippen molar-refractivity contribution in [3.63, 3.8) is 0 Å². The molecule has 0 aromatic heterocycles. The van der Waals surface area contributed by atoms with Gasteiger partial charge in [-0.25, -0.2) is 0 Å². The monoisotopic (exact) mass is 338 g/mol. The van der Waals surface area contributed by atoms with Gasteiger partial charge in [0.05, 0.1) is 10.5 Å². The van der Waals surface area contributed by atoms with Gasteiger partial charge >= 0.3 is 0 Å². The smallest absolute Gasteiger partial charge is 0.0584 e. The van der Waals surface area contributed by atoms with Crippen molar-refractivity contribution in [2.24, 2.45) is 0 Å². The molecular formula is C18H26S3. The summed E-state index contributed by atoms with van der Waals surface area (Å²) in [5.74, 6) is 0. The summed E-state index contributed by atoms with van der Waals surface area (Å²) < 4.78 is 0. The predicted octanol–water partition coefficient (Wildman–Crippen LogP) is 7.13. The highest BCUT2D eigenvalue weighted by molar-refractivity contribution is 9.09. The summed E-state index contributed by atoms with van der Waals surface area (Å²) in [5.41, 5.74) is 12.2. The second kappa shape index (κ2) is 6.64. The van der Waals surface area contributed by atoms with Gasteiger partial charge < -0.3 is 0 Å². The minimum absolute atomic E-state index is 0.569. The quantitative estimate of drug-likeness (QED) is 0.500. The van der Waals surface area contributed by atoms with Crippen LogP contribution in [-0.4, -0.2) is 10.5 Å². The van der Waals surface area contributed by atoms with Crippen molar-refractivity contribution in [1.29, 1.82) is 0 Å². The Bertz CT molecular complexity index is 488. The van der Waals surface area contributed by atoms with Crippen LogP contribution in [0, 0.1) is 0 Å². The normalized spacial score (nSPS) is 21.7. The molecule has 116 valence electrons. The van der Waals surface area contributed by atoms with E-state index >= 15 is 0 Å². The van der Waals surface area contributed by atoms with Gasteiger partial charge in [0, 0.05) is 0 Å². The average Bonchev–Trinajstić information content (AvgIpc) is 2.76. The summed E-state index contributed by atoms with van der Waals surface area (Å²) in [5, 5.41) is 1.14. The third-order valence-electron chi connectivity index (χ3n) is 5.34. The van der Waals surface area contributed by atoms with E-state index in [0.29, 0.717) is 10.5 Å². The van der Waals surface area contributed by atoms with Crippen molar-refractivity contribution in [3.05, 3.63) is 44.6 Å². The fourth-order valence-corrected chi connectivity index (χ4v) is 8.66. The topological polar surface area (TPSA) is 0 Å². The van der Waals surface area contributed by atoms with E-state index in [1.807, 2.05) is 31.4 Å². The lowest BCUT2D eigenvalue weighted by molar-refractivity contribution is 1.16. The van der Waals surface area contributed by atoms with Gasteiger partial charge in [-0.1, -0.05) is 43.9 Å². The average molecular weight is 339 g/mol. The van der Waals surface area contributed by atoms with E-state index in [2.05, 4.69) is 55.4 Å². The molecule has 0 N–H and O–H groups in total. The lowest BCUT2D eigenvalue weighted by atomic mass is 10.1. The molecule has 3 heteroatoms. The van der Waals surface area contributed by atoms with E-state index in [9.17, 15) is 0 Å². The van der Waals surface area contributed by atoms with Gasteiger partial charge in [-0.3, -0.25) is 0 Å². The molecule has 2 rings (SSSR count). The molecule has 0 aromatic carbocycles. The first-order valence-electron chi connectivity index (χ1n) is 7.46. The Morgan fingerprint density at radius 1 is 0.476 bits per heavy atom. The molecular weight excluding hydrogens is 312 g/mol. The molecule has 0 unspecified atom stereocenters. The van der Waals surface area contributed by atoms with E-state index in [-0.39, 0.29) is 0 Å². The molecule has 0 spiro atoms. The van der Waals surface area contributed by atoms with Crippen LogP contribution in [0.15, 0.2) is 44.6 Å². The van der Waals surface area contributed by atoms with Gasteiger partial charge in [-0.15, -0.1) is 0 Å². The fourth-order valence-electron chi connectivity index (χ4n) is 3.01. The predicted molar refractivity (Wildman–Crippen MR) is 104 cm³/mol. The Morgan fingerprint density at radius 3 is 0.952 bits per heavy atom. The molecule has 0 saturated carbocycles. The Morgan fingerprint density at radius 2 is 0.714 bits per heavy atom. The zero-order valence-electron chi connectivity index (χ0n) is 14.4. The standard InChI is InChI=1S/C18H26S3/c1-9-10(2)14(6)17(13(9)5)19-21-20-18-15(7)11(3)12(4)16(18)8/h17-18H,1-8H3. The molecule has 0 aliphatic heterocycles. The van der Waals surface area contributed by atoms with E-state index in [1.165, 1.54) is 22.3 Å². The maximum Gasteiger partial charge on any atom is 0.0584 e. The molecule has 2 aliphatic rings. The van der Waals surface area contributed by atoms with Crippen LogP contribution in [0.2, 0.25) is 0 Å². The maximum atomic E-state index is 2.29. The first kappa shape index (κ1) is 17.4. The first-order valence-corrected chi connectivity index (χ1v) is 11.1. The molecule has 21 heavy (non-hydrogen) atoms. The number of rotatable bonds is 4. The van der Waals surface area contributed by atoms with Crippen LogP contribution in [0.25, 0.3) is 0 Å². The molecule has 0 aromatic rings. The number of hydrogen-bond acceptors (Lipinski definition) is 3. The van der Waals surface area contributed by atoms with Crippen molar-refractivity contribution in [2.75, 3.05) is 0 Å². The minimum atomic E-state index is 0.569. The first-order chi connectivity index (χ1) is 9.77. The summed E-state index contributed by atoms with van der Waals surface area (Å²) in [4.78, 5) is 0. The summed E-state index contributed by atoms with van der Waals surface area (Å²) >= 11 is 0. The van der Waals surface area contributed by atoms with Crippen molar-refractivity contribution >= 4 is 31.4 Å². The highest BCUT2D eigenvalue weighted by Gasteiger charge is 2.28. The van der Waals surface area contributed by atoms with Gasteiger partial charge in [0.1, 0.15) is 0 Å². The van der Waals surface area contributed by atoms with Crippen LogP contribution in [0.4, 0.5) is 0 Å². The van der Waals surface area contributed by atoms with Crippen molar-refractivity contribution in [3.8, 4) is 0 Å². The van der Waals surface area contributed by atoms with Crippen LogP contribution in [0.5, 0.6) is 0 Å². The number of allylic oxidation sites excluding steroid dienone is 4. The Hall–Kier alpha value is 0.01000. The van der Waals surface area contributed by atoms with Crippen LogP contribution in [0.1, 0.15) is 55.4 Å². The zero-order valence-corrected chi connectivity index (χ0v) is 16.8. The van der Waals surface area contributed by atoms with E-state index in [4.69, 9.17) is 0 Å². The van der Waals surface area contributed by atoms with Gasteiger partial charge in [0.25, 0.3) is 0 Å². The summed E-state index contributed by atoms with van der Waals surface area (Å²) in [6, 6.07) is 0. The molecule has 0 atom stereocenters. The Labute approximate surface area is 141 Å². The minimum Gasteiger partial charge on any atom is -0.0701 e. The van der Waals surface area contributed by atoms with Gasteiger partial charge in [0.15, 0.2) is 0 Å². The molecule has 0 bridgehead atoms. The third-order valence-corrected chi connectivity index (χ3v) is 10.3. The van der Waals surface area contributed by atoms with Gasteiger partial charge in [-0.05, 0) is 87.5 Å². The maximum absolute atomic E-state index is 2.29. The lowest BCUT2D eigenvalue weighted by Gasteiger charge is -2.17. The molecule has 0 radical (unpaired) electrons. The molecule has 0 amide bonds. The molecule has 0 fully saturated rings. The molecule has 2 aliphatic carbocycles. The van der Waals surface area contributed by atoms with Gasteiger partial charge in [0.2, 0.25) is 0 Å². The highest BCUT2D eigenvalue weighted by Crippen LogP contribution is 2.52. The highest BCUT2D eigenvalue weighted by atomic mass is 33.5. The van der Waals surface area contributed by atoms with E-state index in [1.54, 1.807) is 22.3 Å². The molecule has 0 heterocycles. The lowest BCUT2D eigenvalue weighted by Crippen LogP contribution is -2.02. The molecule has 0 nitrogen and oxygen atoms in total. The zero-order chi connectivity index (χ0) is 15.9. The summed E-state index contributed by atoms with van der Waals surface area (Å²) in [6.45, 7) is 18.2. The summed E-state index contributed by atoms with van der Waals surface area (Å²) in [6.07, 6.45) is 0. The van der Waals surface area contributed by atoms with Crippen molar-refractivity contribution in [1.82, 2.24) is 0 Å². The van der Waals surface area contributed by atoms with Crippen molar-refractivity contribution < 1.29 is 0 Å². The van der Waals surface area contributed by atoms with Crippen LogP contribution in [0.3, 0.4) is 0 Å². The van der Waals surface area contributed by atoms with Crippen LogP contribution >= 0.6 is 31.4 Å². The second-order valence-electron chi connectivity index (χ2n) is 6.25. The van der Waals surface area contributed by atoms with E-state index in [0.717, 1.165) is 0 Å². The third kappa shape index (κ3) is 3.07. The van der Waals surface area contributed by atoms with Crippen molar-refractivity contribution in [2.45, 2.75) is 65.9 Å². The number of hydrogen-bond donors (Lipinski definition) is 0. The van der Waals surface area contributed by atoms with Gasteiger partial charge in [-0.2, -0.15) is 0 Å². The van der Waals surface area contributed by atoms with Crippen LogP contribution in [-0.2, 0) is 0 Å². The van der Waals surface area contributed by atoms with Crippen LogP contribution < -0.4 is 0 Å². The second-order valence-corrected chi connectivity index (χ2v) is 10.5. The largest absolute Gasteiger partial charge is 0.0701 e. The van der Waals surface area contributed by atoms with E-state index < -0.39 is 0 Å². The SMILES string of the molecule is CC1=C(C)C(SSSC2C(C)=C(C)C(C)=C2C)C(C)=C1C. The Kier molecular flexibility index (Phi) is 5.49. The molecule has 0 saturated heterocycles. The summed E-state index contributed by atoms with van der Waals surface area (Å²) in [7, 11) is 6.01.